The molecule has 1 aromatic heterocycles. The van der Waals surface area contributed by atoms with Crippen molar-refractivity contribution in [2.75, 3.05) is 24.6 Å². The Balaban J connectivity index is 1.24. The number of carbonyl (C=O) groups is 2. The standard InChI is InChI=1S/C22H23N3O3/c26-21(11-15-25-19-8-3-4-9-20(19)28-16-22(25)27)23-12-5-13-24-14-10-17-6-1-2-7-18(17)24/h1-4,6-10,14H,5,11-13,15-16H2,(H,23,26). The van der Waals surface area contributed by atoms with Crippen LogP contribution in [0.15, 0.2) is 60.8 Å². The molecule has 2 amide bonds. The Morgan fingerprint density at radius 2 is 1.86 bits per heavy atom. The lowest BCUT2D eigenvalue weighted by Crippen LogP contribution is -2.41. The number of aromatic nitrogens is 1. The van der Waals surface area contributed by atoms with Crippen molar-refractivity contribution in [3.05, 3.63) is 60.8 Å². The van der Waals surface area contributed by atoms with Crippen LogP contribution < -0.4 is 15.0 Å². The van der Waals surface area contributed by atoms with E-state index in [0.717, 1.165) is 18.7 Å². The number of para-hydroxylation sites is 3. The molecular weight excluding hydrogens is 354 g/mol. The second kappa shape index (κ2) is 8.17. The number of fused-ring (bicyclic) bond motifs is 2. The normalized spacial score (nSPS) is 13.3. The van der Waals surface area contributed by atoms with E-state index in [-0.39, 0.29) is 24.8 Å². The van der Waals surface area contributed by atoms with Crippen molar-refractivity contribution in [2.24, 2.45) is 0 Å². The number of carbonyl (C=O) groups excluding carboxylic acids is 2. The maximum atomic E-state index is 12.2. The topological polar surface area (TPSA) is 63.6 Å². The van der Waals surface area contributed by atoms with Gasteiger partial charge in [0.25, 0.3) is 5.91 Å². The summed E-state index contributed by atoms with van der Waals surface area (Å²) in [5.74, 6) is 0.515. The van der Waals surface area contributed by atoms with E-state index in [1.807, 2.05) is 36.4 Å². The number of aryl methyl sites for hydroxylation is 1. The van der Waals surface area contributed by atoms with E-state index in [1.54, 1.807) is 4.90 Å². The van der Waals surface area contributed by atoms with Gasteiger partial charge in [0.05, 0.1) is 5.69 Å². The summed E-state index contributed by atoms with van der Waals surface area (Å²) in [6.07, 6.45) is 3.20. The Morgan fingerprint density at radius 1 is 1.04 bits per heavy atom. The molecule has 0 radical (unpaired) electrons. The third-order valence-electron chi connectivity index (χ3n) is 4.95. The summed E-state index contributed by atoms with van der Waals surface area (Å²) in [4.78, 5) is 26.0. The number of benzene rings is 2. The van der Waals surface area contributed by atoms with Crippen molar-refractivity contribution in [3.63, 3.8) is 0 Å². The van der Waals surface area contributed by atoms with Crippen molar-refractivity contribution < 1.29 is 14.3 Å². The molecule has 2 heterocycles. The van der Waals surface area contributed by atoms with Gasteiger partial charge in [0.1, 0.15) is 5.75 Å². The first-order valence-electron chi connectivity index (χ1n) is 9.55. The highest BCUT2D eigenvalue weighted by Crippen LogP contribution is 2.31. The van der Waals surface area contributed by atoms with Gasteiger partial charge in [-0.15, -0.1) is 0 Å². The third-order valence-corrected chi connectivity index (χ3v) is 4.95. The number of anilines is 1. The predicted octanol–water partition coefficient (Wildman–Crippen LogP) is 2.96. The lowest BCUT2D eigenvalue weighted by atomic mass is 10.2. The first-order valence-corrected chi connectivity index (χ1v) is 9.55. The average molecular weight is 377 g/mol. The molecule has 144 valence electrons. The van der Waals surface area contributed by atoms with Crippen LogP contribution in [0.5, 0.6) is 5.75 Å². The second-order valence-corrected chi connectivity index (χ2v) is 6.82. The van der Waals surface area contributed by atoms with Crippen LogP contribution >= 0.6 is 0 Å². The van der Waals surface area contributed by atoms with Gasteiger partial charge in [-0.1, -0.05) is 30.3 Å². The van der Waals surface area contributed by atoms with E-state index in [0.29, 0.717) is 18.8 Å². The Labute approximate surface area is 163 Å². The van der Waals surface area contributed by atoms with Crippen molar-refractivity contribution in [1.82, 2.24) is 9.88 Å². The Kier molecular flexibility index (Phi) is 5.28. The van der Waals surface area contributed by atoms with Crippen LogP contribution in [0.3, 0.4) is 0 Å². The highest BCUT2D eigenvalue weighted by Gasteiger charge is 2.25. The molecule has 0 bridgehead atoms. The maximum Gasteiger partial charge on any atom is 0.265 e. The van der Waals surface area contributed by atoms with Gasteiger partial charge in [-0.3, -0.25) is 9.59 Å². The van der Waals surface area contributed by atoms with Gasteiger partial charge in [0.2, 0.25) is 5.91 Å². The minimum atomic E-state index is -0.119. The lowest BCUT2D eigenvalue weighted by Gasteiger charge is -2.29. The summed E-state index contributed by atoms with van der Waals surface area (Å²) < 4.78 is 7.62. The predicted molar refractivity (Wildman–Crippen MR) is 108 cm³/mol. The second-order valence-electron chi connectivity index (χ2n) is 6.82. The maximum absolute atomic E-state index is 12.2. The van der Waals surface area contributed by atoms with Crippen LogP contribution in [-0.2, 0) is 16.1 Å². The number of amides is 2. The fourth-order valence-corrected chi connectivity index (χ4v) is 3.51. The van der Waals surface area contributed by atoms with Crippen LogP contribution in [0.4, 0.5) is 5.69 Å². The van der Waals surface area contributed by atoms with Crippen molar-refractivity contribution in [2.45, 2.75) is 19.4 Å². The number of hydrogen-bond donors (Lipinski definition) is 1. The van der Waals surface area contributed by atoms with Crippen molar-refractivity contribution in [1.29, 1.82) is 0 Å². The van der Waals surface area contributed by atoms with Crippen LogP contribution in [0.25, 0.3) is 10.9 Å². The van der Waals surface area contributed by atoms with Crippen LogP contribution in [0.1, 0.15) is 12.8 Å². The van der Waals surface area contributed by atoms with Gasteiger partial charge in [-0.2, -0.15) is 0 Å². The zero-order valence-electron chi connectivity index (χ0n) is 15.6. The van der Waals surface area contributed by atoms with E-state index in [9.17, 15) is 9.59 Å². The summed E-state index contributed by atoms with van der Waals surface area (Å²) in [6.45, 7) is 1.83. The van der Waals surface area contributed by atoms with Gasteiger partial charge in [-0.25, -0.2) is 0 Å². The molecule has 0 aliphatic carbocycles. The molecule has 1 aliphatic heterocycles. The zero-order valence-corrected chi connectivity index (χ0v) is 15.6. The zero-order chi connectivity index (χ0) is 19.3. The van der Waals surface area contributed by atoms with Gasteiger partial charge < -0.3 is 19.5 Å². The molecule has 6 heteroatoms. The van der Waals surface area contributed by atoms with E-state index >= 15 is 0 Å². The molecule has 1 aliphatic rings. The molecule has 4 rings (SSSR count). The van der Waals surface area contributed by atoms with Gasteiger partial charge >= 0.3 is 0 Å². The summed E-state index contributed by atoms with van der Waals surface area (Å²) in [5, 5.41) is 4.17. The summed E-state index contributed by atoms with van der Waals surface area (Å²) in [5.41, 5.74) is 1.93. The van der Waals surface area contributed by atoms with Crippen LogP contribution in [-0.4, -0.2) is 36.1 Å². The quantitative estimate of drug-likeness (QED) is 0.644. The summed E-state index contributed by atoms with van der Waals surface area (Å²) in [7, 11) is 0. The number of nitrogens with one attached hydrogen (secondary N) is 1. The van der Waals surface area contributed by atoms with Crippen LogP contribution in [0.2, 0.25) is 0 Å². The minimum Gasteiger partial charge on any atom is -0.482 e. The number of ether oxygens (including phenoxy) is 1. The first kappa shape index (κ1) is 18.1. The molecule has 28 heavy (non-hydrogen) atoms. The first-order chi connectivity index (χ1) is 13.7. The SMILES string of the molecule is O=C(CCN1C(=O)COc2ccccc21)NCCCn1ccc2ccccc21. The number of rotatable bonds is 7. The molecule has 0 saturated heterocycles. The largest absolute Gasteiger partial charge is 0.482 e. The van der Waals surface area contributed by atoms with Gasteiger partial charge in [0.15, 0.2) is 6.61 Å². The summed E-state index contributed by atoms with van der Waals surface area (Å²) in [6, 6.07) is 17.8. The summed E-state index contributed by atoms with van der Waals surface area (Å²) >= 11 is 0. The van der Waals surface area contributed by atoms with E-state index in [2.05, 4.69) is 34.3 Å². The smallest absolute Gasteiger partial charge is 0.265 e. The van der Waals surface area contributed by atoms with E-state index in [4.69, 9.17) is 4.74 Å². The fourth-order valence-electron chi connectivity index (χ4n) is 3.51. The fraction of sp³-hybridized carbons (Fsp3) is 0.273. The molecule has 3 aromatic rings. The van der Waals surface area contributed by atoms with Crippen molar-refractivity contribution >= 4 is 28.4 Å². The van der Waals surface area contributed by atoms with Crippen molar-refractivity contribution in [3.8, 4) is 5.75 Å². The molecule has 0 fully saturated rings. The minimum absolute atomic E-state index is 0.0173. The Bertz CT molecular complexity index is 995. The molecule has 0 atom stereocenters. The Hall–Kier alpha value is -3.28. The highest BCUT2D eigenvalue weighted by atomic mass is 16.5. The lowest BCUT2D eigenvalue weighted by molar-refractivity contribution is -0.122. The van der Waals surface area contributed by atoms with E-state index in [1.165, 1.54) is 10.9 Å². The molecule has 2 aromatic carbocycles. The molecule has 0 saturated carbocycles. The van der Waals surface area contributed by atoms with Gasteiger partial charge in [-0.05, 0) is 36.1 Å². The monoisotopic (exact) mass is 377 g/mol. The van der Waals surface area contributed by atoms with Gasteiger partial charge in [0, 0.05) is 37.8 Å². The highest BCUT2D eigenvalue weighted by molar-refractivity contribution is 5.98. The van der Waals surface area contributed by atoms with E-state index < -0.39 is 0 Å². The number of hydrogen-bond acceptors (Lipinski definition) is 3. The Morgan fingerprint density at radius 3 is 2.79 bits per heavy atom. The molecule has 6 nitrogen and oxygen atoms in total. The molecule has 0 unspecified atom stereocenters. The van der Waals surface area contributed by atoms with Crippen LogP contribution in [0, 0.1) is 0 Å². The average Bonchev–Trinajstić information content (AvgIpc) is 3.13. The third kappa shape index (κ3) is 3.86. The molecular formula is C22H23N3O3. The molecule has 0 spiro atoms. The number of nitrogens with zero attached hydrogens (tertiary/aromatic N) is 2. The molecule has 1 N–H and O–H groups in total.